The number of nitrogens with one attached hydrogen (secondary N) is 1. The lowest BCUT2D eigenvalue weighted by atomic mass is 10.6. The maximum absolute atomic E-state index is 5.71. The molecule has 2 rings (SSSR count). The lowest BCUT2D eigenvalue weighted by Gasteiger charge is -2.02. The van der Waals surface area contributed by atoms with Gasteiger partial charge in [0.25, 0.3) is 0 Å². The molecule has 0 spiro atoms. The van der Waals surface area contributed by atoms with Gasteiger partial charge in [-0.2, -0.15) is 4.98 Å². The number of nitrogens with zero attached hydrogens (tertiary/aromatic N) is 3. The third-order valence-electron chi connectivity index (χ3n) is 1.54. The van der Waals surface area contributed by atoms with Crippen molar-refractivity contribution in [2.75, 3.05) is 5.32 Å². The van der Waals surface area contributed by atoms with Crippen molar-refractivity contribution in [3.05, 3.63) is 10.4 Å². The van der Waals surface area contributed by atoms with Crippen LogP contribution in [0.4, 0.5) is 5.82 Å². The number of halogens is 2. The first kappa shape index (κ1) is 8.01. The number of rotatable bonds is 2. The molecule has 6 heteroatoms. The zero-order chi connectivity index (χ0) is 8.55. The standard InChI is InChI=1S/C6H6Cl2N4/c7-4-5(9-3-1-2-3)10-6(8)12-11-4/h3H,1-2H2,(H,9,10,12). The fourth-order valence-corrected chi connectivity index (χ4v) is 1.06. The molecular formula is C6H6Cl2N4. The van der Waals surface area contributed by atoms with E-state index in [4.69, 9.17) is 23.2 Å². The molecule has 1 saturated carbocycles. The molecule has 1 N–H and O–H groups in total. The molecule has 0 bridgehead atoms. The summed E-state index contributed by atoms with van der Waals surface area (Å²) < 4.78 is 0. The molecule has 1 aliphatic carbocycles. The minimum Gasteiger partial charge on any atom is -0.365 e. The smallest absolute Gasteiger partial charge is 0.245 e. The second-order valence-corrected chi connectivity index (χ2v) is 3.33. The minimum atomic E-state index is 0.113. The Labute approximate surface area is 79.3 Å². The first-order valence-corrected chi connectivity index (χ1v) is 4.33. The van der Waals surface area contributed by atoms with Crippen molar-refractivity contribution < 1.29 is 0 Å². The van der Waals surface area contributed by atoms with Crippen molar-refractivity contribution in [2.24, 2.45) is 0 Å². The summed E-state index contributed by atoms with van der Waals surface area (Å²) >= 11 is 11.2. The first-order chi connectivity index (χ1) is 5.75. The summed E-state index contributed by atoms with van der Waals surface area (Å²) in [4.78, 5) is 3.90. The van der Waals surface area contributed by atoms with Crippen LogP contribution in [0.25, 0.3) is 0 Å². The second kappa shape index (κ2) is 3.03. The van der Waals surface area contributed by atoms with E-state index in [1.165, 1.54) is 0 Å². The average molecular weight is 205 g/mol. The van der Waals surface area contributed by atoms with E-state index in [0.29, 0.717) is 11.9 Å². The van der Waals surface area contributed by atoms with Crippen molar-refractivity contribution >= 4 is 29.0 Å². The third-order valence-corrected chi connectivity index (χ3v) is 1.95. The summed E-state index contributed by atoms with van der Waals surface area (Å²) in [6.45, 7) is 0. The van der Waals surface area contributed by atoms with Crippen LogP contribution in [0.15, 0.2) is 0 Å². The van der Waals surface area contributed by atoms with Crippen molar-refractivity contribution in [2.45, 2.75) is 18.9 Å². The van der Waals surface area contributed by atoms with Gasteiger partial charge in [0.2, 0.25) is 5.28 Å². The van der Waals surface area contributed by atoms with Gasteiger partial charge in [-0.1, -0.05) is 11.6 Å². The summed E-state index contributed by atoms with van der Waals surface area (Å²) in [6, 6.07) is 0.482. The van der Waals surface area contributed by atoms with Gasteiger partial charge in [0.1, 0.15) is 0 Å². The molecule has 1 heterocycles. The van der Waals surface area contributed by atoms with Gasteiger partial charge < -0.3 is 5.32 Å². The molecule has 0 radical (unpaired) electrons. The van der Waals surface area contributed by atoms with Gasteiger partial charge in [0.15, 0.2) is 11.0 Å². The van der Waals surface area contributed by atoms with Gasteiger partial charge >= 0.3 is 0 Å². The maximum atomic E-state index is 5.71. The zero-order valence-electron chi connectivity index (χ0n) is 6.09. The Balaban J connectivity index is 2.21. The minimum absolute atomic E-state index is 0.113. The predicted octanol–water partition coefficient (Wildman–Crippen LogP) is 1.75. The maximum Gasteiger partial charge on any atom is 0.245 e. The summed E-state index contributed by atoms with van der Waals surface area (Å²) in [7, 11) is 0. The molecule has 1 aliphatic rings. The normalized spacial score (nSPS) is 16.2. The van der Waals surface area contributed by atoms with E-state index in [1.807, 2.05) is 0 Å². The van der Waals surface area contributed by atoms with E-state index in [1.54, 1.807) is 0 Å². The highest BCUT2D eigenvalue weighted by atomic mass is 35.5. The molecule has 4 nitrogen and oxygen atoms in total. The van der Waals surface area contributed by atoms with E-state index in [9.17, 15) is 0 Å². The van der Waals surface area contributed by atoms with E-state index in [0.717, 1.165) is 12.8 Å². The van der Waals surface area contributed by atoms with Crippen LogP contribution in [0, 0.1) is 0 Å². The Bertz CT molecular complexity index is 300. The van der Waals surface area contributed by atoms with Crippen molar-refractivity contribution in [1.82, 2.24) is 15.2 Å². The van der Waals surface area contributed by atoms with Gasteiger partial charge in [-0.25, -0.2) is 0 Å². The highest BCUT2D eigenvalue weighted by Gasteiger charge is 2.22. The van der Waals surface area contributed by atoms with Crippen LogP contribution in [0.1, 0.15) is 12.8 Å². The van der Waals surface area contributed by atoms with Crippen LogP contribution in [-0.4, -0.2) is 21.2 Å². The van der Waals surface area contributed by atoms with E-state index < -0.39 is 0 Å². The van der Waals surface area contributed by atoms with Crippen molar-refractivity contribution in [1.29, 1.82) is 0 Å². The Morgan fingerprint density at radius 3 is 2.67 bits per heavy atom. The first-order valence-electron chi connectivity index (χ1n) is 3.58. The predicted molar refractivity (Wildman–Crippen MR) is 46.5 cm³/mol. The van der Waals surface area contributed by atoms with Gasteiger partial charge in [0.05, 0.1) is 0 Å². The van der Waals surface area contributed by atoms with E-state index in [2.05, 4.69) is 20.5 Å². The van der Waals surface area contributed by atoms with Crippen LogP contribution in [-0.2, 0) is 0 Å². The lowest BCUT2D eigenvalue weighted by Crippen LogP contribution is -2.05. The molecule has 0 unspecified atom stereocenters. The van der Waals surface area contributed by atoms with Gasteiger partial charge in [-0.05, 0) is 24.4 Å². The summed E-state index contributed by atoms with van der Waals surface area (Å²) in [5, 5.41) is 10.6. The van der Waals surface area contributed by atoms with Crippen LogP contribution in [0.2, 0.25) is 10.4 Å². The molecule has 0 amide bonds. The molecule has 1 aromatic rings. The van der Waals surface area contributed by atoms with E-state index in [-0.39, 0.29) is 10.4 Å². The summed E-state index contributed by atoms with van der Waals surface area (Å²) in [5.41, 5.74) is 0. The van der Waals surface area contributed by atoms with Crippen LogP contribution < -0.4 is 5.32 Å². The number of hydrogen-bond donors (Lipinski definition) is 1. The number of anilines is 1. The molecule has 0 aromatic carbocycles. The van der Waals surface area contributed by atoms with Gasteiger partial charge in [0, 0.05) is 6.04 Å². The lowest BCUT2D eigenvalue weighted by molar-refractivity contribution is 0.958. The zero-order valence-corrected chi connectivity index (χ0v) is 7.60. The number of aromatic nitrogens is 3. The Kier molecular flexibility index (Phi) is 2.02. The van der Waals surface area contributed by atoms with Crippen molar-refractivity contribution in [3.8, 4) is 0 Å². The second-order valence-electron chi connectivity index (χ2n) is 2.64. The molecule has 0 aliphatic heterocycles. The summed E-state index contributed by atoms with van der Waals surface area (Å²) in [6.07, 6.45) is 2.30. The Morgan fingerprint density at radius 2 is 2.00 bits per heavy atom. The quantitative estimate of drug-likeness (QED) is 0.798. The van der Waals surface area contributed by atoms with Crippen LogP contribution >= 0.6 is 23.2 Å². The SMILES string of the molecule is Clc1nnc(Cl)c(NC2CC2)n1. The molecular weight excluding hydrogens is 199 g/mol. The van der Waals surface area contributed by atoms with Crippen molar-refractivity contribution in [3.63, 3.8) is 0 Å². The highest BCUT2D eigenvalue weighted by Crippen LogP contribution is 2.26. The number of hydrogen-bond acceptors (Lipinski definition) is 4. The molecule has 0 atom stereocenters. The fraction of sp³-hybridized carbons (Fsp3) is 0.500. The third kappa shape index (κ3) is 1.76. The topological polar surface area (TPSA) is 50.7 Å². The fourth-order valence-electron chi connectivity index (χ4n) is 0.806. The molecule has 12 heavy (non-hydrogen) atoms. The highest BCUT2D eigenvalue weighted by molar-refractivity contribution is 6.32. The van der Waals surface area contributed by atoms with Gasteiger partial charge in [-0.3, -0.25) is 0 Å². The van der Waals surface area contributed by atoms with Gasteiger partial charge in [-0.15, -0.1) is 10.2 Å². The van der Waals surface area contributed by atoms with Crippen LogP contribution in [0.5, 0.6) is 0 Å². The average Bonchev–Trinajstić information content (AvgIpc) is 2.81. The Morgan fingerprint density at radius 1 is 1.25 bits per heavy atom. The molecule has 64 valence electrons. The molecule has 0 saturated heterocycles. The van der Waals surface area contributed by atoms with Crippen LogP contribution in [0.3, 0.4) is 0 Å². The molecule has 1 aromatic heterocycles. The summed E-state index contributed by atoms with van der Waals surface area (Å²) in [5.74, 6) is 0.527. The Hall–Kier alpha value is -0.610. The van der Waals surface area contributed by atoms with E-state index >= 15 is 0 Å². The monoisotopic (exact) mass is 204 g/mol. The molecule has 1 fully saturated rings. The largest absolute Gasteiger partial charge is 0.365 e.